The maximum Gasteiger partial charge on any atom is 0.270 e. The first kappa shape index (κ1) is 9.43. The molecule has 1 aromatic heterocycles. The topological polar surface area (TPSA) is 53.1 Å². The van der Waals surface area contributed by atoms with Gasteiger partial charge in [-0.2, -0.15) is 0 Å². The van der Waals surface area contributed by atoms with Gasteiger partial charge in [-0.3, -0.25) is 4.79 Å². The Morgan fingerprint density at radius 2 is 2.17 bits per heavy atom. The lowest BCUT2D eigenvalue weighted by Gasteiger charge is -2.02. The Morgan fingerprint density at radius 3 is 2.58 bits per heavy atom. The van der Waals surface area contributed by atoms with Gasteiger partial charge >= 0.3 is 0 Å². The summed E-state index contributed by atoms with van der Waals surface area (Å²) in [7, 11) is 0. The molecule has 3 nitrogen and oxygen atoms in total. The fourth-order valence-electron chi connectivity index (χ4n) is 0.708. The van der Waals surface area contributed by atoms with Crippen molar-refractivity contribution in [3.8, 4) is 5.75 Å². The van der Waals surface area contributed by atoms with Crippen molar-refractivity contribution in [2.24, 2.45) is 0 Å². The molecule has 1 heterocycles. The highest BCUT2D eigenvalue weighted by Gasteiger charge is 2.18. The number of aromatic amines is 1. The maximum absolute atomic E-state index is 12.1. The summed E-state index contributed by atoms with van der Waals surface area (Å²) in [5.74, 6) is -0.342. The summed E-state index contributed by atoms with van der Waals surface area (Å²) in [5.41, 5.74) is -1.55. The van der Waals surface area contributed by atoms with Crippen molar-refractivity contribution in [1.82, 2.24) is 4.98 Å². The smallest absolute Gasteiger partial charge is 0.270 e. The van der Waals surface area contributed by atoms with Gasteiger partial charge in [-0.15, -0.1) is 0 Å². The third kappa shape index (κ3) is 1.57. The molecule has 2 N–H and O–H groups in total. The lowest BCUT2D eigenvalue weighted by atomic mass is 10.3. The van der Waals surface area contributed by atoms with Crippen LogP contribution in [0.25, 0.3) is 0 Å². The molecule has 0 aliphatic heterocycles. The number of nitrogens with one attached hydrogen (secondary N) is 1. The third-order valence-electron chi connectivity index (χ3n) is 1.26. The van der Waals surface area contributed by atoms with E-state index in [2.05, 4.69) is 0 Å². The number of aromatic hydroxyl groups is 1. The fraction of sp³-hybridized carbons (Fsp3) is 0.167. The van der Waals surface area contributed by atoms with Gasteiger partial charge in [0.25, 0.3) is 12.0 Å². The molecule has 0 amide bonds. The van der Waals surface area contributed by atoms with Crippen LogP contribution in [0.2, 0.25) is 0 Å². The van der Waals surface area contributed by atoms with E-state index in [-0.39, 0.29) is 9.32 Å². The fourth-order valence-corrected chi connectivity index (χ4v) is 1.34. The second-order valence-corrected chi connectivity index (χ2v) is 3.11. The predicted molar refractivity (Wildman–Crippen MR) is 46.4 cm³/mol. The number of rotatable bonds is 1. The van der Waals surface area contributed by atoms with Crippen molar-refractivity contribution in [1.29, 1.82) is 0 Å². The van der Waals surface area contributed by atoms with Crippen molar-refractivity contribution >= 4 is 22.6 Å². The average Bonchev–Trinajstić information content (AvgIpc) is 1.97. The number of hydrogen-bond acceptors (Lipinski definition) is 2. The molecule has 0 saturated heterocycles. The zero-order valence-corrected chi connectivity index (χ0v) is 7.80. The van der Waals surface area contributed by atoms with Crippen LogP contribution in [-0.2, 0) is 0 Å². The molecule has 0 radical (unpaired) electrons. The van der Waals surface area contributed by atoms with Crippen molar-refractivity contribution in [2.75, 3.05) is 0 Å². The van der Waals surface area contributed by atoms with Gasteiger partial charge in [-0.1, -0.05) is 0 Å². The summed E-state index contributed by atoms with van der Waals surface area (Å²) >= 11 is 1.50. The van der Waals surface area contributed by atoms with Crippen LogP contribution >= 0.6 is 22.6 Å². The van der Waals surface area contributed by atoms with E-state index in [0.29, 0.717) is 0 Å². The summed E-state index contributed by atoms with van der Waals surface area (Å²) in [4.78, 5) is 12.8. The molecular formula is C6H4F2INO2. The Morgan fingerprint density at radius 1 is 1.58 bits per heavy atom. The van der Waals surface area contributed by atoms with Crippen LogP contribution in [0.3, 0.4) is 0 Å². The quantitative estimate of drug-likeness (QED) is 0.771. The monoisotopic (exact) mass is 287 g/mol. The van der Waals surface area contributed by atoms with E-state index in [1.807, 2.05) is 4.98 Å². The van der Waals surface area contributed by atoms with E-state index in [9.17, 15) is 13.6 Å². The Balaban J connectivity index is 3.43. The Hall–Kier alpha value is -0.660. The SMILES string of the molecule is O=c1[nH]cc(O)c(I)c1C(F)F. The highest BCUT2D eigenvalue weighted by molar-refractivity contribution is 14.1. The minimum atomic E-state index is -2.87. The van der Waals surface area contributed by atoms with E-state index < -0.39 is 17.5 Å². The molecule has 1 rings (SSSR count). The maximum atomic E-state index is 12.1. The molecule has 66 valence electrons. The van der Waals surface area contributed by atoms with Gasteiger partial charge in [0.15, 0.2) is 0 Å². The first-order valence-electron chi connectivity index (χ1n) is 2.92. The molecule has 0 aliphatic rings. The molecule has 6 heteroatoms. The molecule has 0 atom stereocenters. The Labute approximate surface area is 79.6 Å². The van der Waals surface area contributed by atoms with Crippen LogP contribution in [-0.4, -0.2) is 10.1 Å². The molecule has 0 saturated carbocycles. The molecule has 0 aliphatic carbocycles. The largest absolute Gasteiger partial charge is 0.505 e. The summed E-state index contributed by atoms with van der Waals surface area (Å²) in [6.07, 6.45) is -1.89. The van der Waals surface area contributed by atoms with Crippen molar-refractivity contribution < 1.29 is 13.9 Å². The number of H-pyrrole nitrogens is 1. The van der Waals surface area contributed by atoms with Gasteiger partial charge in [0.1, 0.15) is 5.75 Å². The van der Waals surface area contributed by atoms with Gasteiger partial charge < -0.3 is 10.1 Å². The summed E-state index contributed by atoms with van der Waals surface area (Å²) in [6.45, 7) is 0. The molecule has 12 heavy (non-hydrogen) atoms. The number of pyridine rings is 1. The van der Waals surface area contributed by atoms with Gasteiger partial charge in [0.05, 0.1) is 9.13 Å². The zero-order chi connectivity index (χ0) is 9.30. The average molecular weight is 287 g/mol. The van der Waals surface area contributed by atoms with Gasteiger partial charge in [0, 0.05) is 6.20 Å². The first-order chi connectivity index (χ1) is 5.54. The first-order valence-corrected chi connectivity index (χ1v) is 4.00. The molecule has 1 aromatic rings. The van der Waals surface area contributed by atoms with Crippen LogP contribution in [0.1, 0.15) is 12.0 Å². The summed E-state index contributed by atoms with van der Waals surface area (Å²) in [5, 5.41) is 8.96. The normalized spacial score (nSPS) is 10.7. The van der Waals surface area contributed by atoms with Gasteiger partial charge in [-0.25, -0.2) is 8.78 Å². The second-order valence-electron chi connectivity index (χ2n) is 2.03. The highest BCUT2D eigenvalue weighted by atomic mass is 127. The highest BCUT2D eigenvalue weighted by Crippen LogP contribution is 2.26. The molecule has 0 unspecified atom stereocenters. The van der Waals surface area contributed by atoms with Crippen molar-refractivity contribution in [2.45, 2.75) is 6.43 Å². The number of aromatic nitrogens is 1. The molecule has 0 bridgehead atoms. The molecule has 0 spiro atoms. The lowest BCUT2D eigenvalue weighted by molar-refractivity contribution is 0.148. The third-order valence-corrected chi connectivity index (χ3v) is 2.40. The van der Waals surface area contributed by atoms with Crippen molar-refractivity contribution in [3.63, 3.8) is 0 Å². The van der Waals surface area contributed by atoms with Crippen LogP contribution in [0.5, 0.6) is 5.75 Å². The van der Waals surface area contributed by atoms with Crippen LogP contribution in [0.15, 0.2) is 11.0 Å². The standard InChI is InChI=1S/C6H4F2INO2/c7-5(8)3-4(9)2(11)1-10-6(3)12/h1,5,11H,(H,10,12). The Kier molecular flexibility index (Phi) is 2.65. The second kappa shape index (κ2) is 3.38. The minimum Gasteiger partial charge on any atom is -0.505 e. The van der Waals surface area contributed by atoms with E-state index in [1.54, 1.807) is 0 Å². The Bertz CT molecular complexity index is 350. The predicted octanol–water partition coefficient (Wildman–Crippen LogP) is 1.62. The van der Waals surface area contributed by atoms with E-state index in [0.717, 1.165) is 6.20 Å². The lowest BCUT2D eigenvalue weighted by Crippen LogP contribution is -2.14. The molecule has 0 fully saturated rings. The van der Waals surface area contributed by atoms with Crippen LogP contribution < -0.4 is 5.56 Å². The minimum absolute atomic E-state index is 0.105. The number of alkyl halides is 2. The van der Waals surface area contributed by atoms with E-state index in [1.165, 1.54) is 22.6 Å². The molecular weight excluding hydrogens is 283 g/mol. The number of halogens is 3. The van der Waals surface area contributed by atoms with Crippen LogP contribution in [0, 0.1) is 3.57 Å². The summed E-state index contributed by atoms with van der Waals surface area (Å²) < 4.78 is 24.2. The van der Waals surface area contributed by atoms with Gasteiger partial charge in [-0.05, 0) is 22.6 Å². The summed E-state index contributed by atoms with van der Waals surface area (Å²) in [6, 6.07) is 0. The van der Waals surface area contributed by atoms with E-state index >= 15 is 0 Å². The van der Waals surface area contributed by atoms with E-state index in [4.69, 9.17) is 5.11 Å². The van der Waals surface area contributed by atoms with Gasteiger partial charge in [0.2, 0.25) is 0 Å². The zero-order valence-electron chi connectivity index (χ0n) is 5.64. The van der Waals surface area contributed by atoms with Crippen LogP contribution in [0.4, 0.5) is 8.78 Å². The van der Waals surface area contributed by atoms with Crippen molar-refractivity contribution in [3.05, 3.63) is 25.7 Å². The molecule has 0 aromatic carbocycles. The number of hydrogen-bond donors (Lipinski definition) is 2.